The topological polar surface area (TPSA) is 70.8 Å². The lowest BCUT2D eigenvalue weighted by molar-refractivity contribution is 0.0535. The summed E-state index contributed by atoms with van der Waals surface area (Å²) in [4.78, 5) is 11.3. The van der Waals surface area contributed by atoms with E-state index in [0.29, 0.717) is 22.7 Å². The zero-order valence-electron chi connectivity index (χ0n) is 7.20. The molecule has 0 saturated carbocycles. The quantitative estimate of drug-likeness (QED) is 0.484. The van der Waals surface area contributed by atoms with Crippen LogP contribution in [0.4, 0.5) is 5.69 Å². The first-order chi connectivity index (χ1) is 6.77. The highest BCUT2D eigenvalue weighted by Gasteiger charge is 2.30. The van der Waals surface area contributed by atoms with E-state index in [1.165, 1.54) is 0 Å². The van der Waals surface area contributed by atoms with Crippen molar-refractivity contribution in [1.29, 1.82) is 0 Å². The van der Waals surface area contributed by atoms with Gasteiger partial charge >= 0.3 is 5.97 Å². The van der Waals surface area contributed by atoms with E-state index in [1.807, 2.05) is 0 Å². The molecule has 2 aliphatic rings. The number of cyclic esters (lactones) is 1. The summed E-state index contributed by atoms with van der Waals surface area (Å²) in [5, 5.41) is 0. The molecule has 2 heterocycles. The van der Waals surface area contributed by atoms with Gasteiger partial charge < -0.3 is 19.9 Å². The molecule has 0 bridgehead atoms. The molecule has 14 heavy (non-hydrogen) atoms. The Morgan fingerprint density at radius 2 is 2.14 bits per heavy atom. The Morgan fingerprint density at radius 3 is 3.00 bits per heavy atom. The van der Waals surface area contributed by atoms with Gasteiger partial charge in [-0.05, 0) is 6.07 Å². The molecule has 5 nitrogen and oxygen atoms in total. The first-order valence-corrected chi connectivity index (χ1v) is 4.15. The second kappa shape index (κ2) is 2.31. The Bertz CT molecular complexity index is 441. The molecule has 5 heteroatoms. The van der Waals surface area contributed by atoms with Crippen LogP contribution in [0.15, 0.2) is 6.07 Å². The molecule has 0 amide bonds. The molecular weight excluding hydrogens is 186 g/mol. The van der Waals surface area contributed by atoms with Crippen molar-refractivity contribution >= 4 is 11.7 Å². The number of nitrogens with two attached hydrogens (primary N) is 1. The monoisotopic (exact) mass is 193 g/mol. The van der Waals surface area contributed by atoms with Gasteiger partial charge in [-0.3, -0.25) is 0 Å². The molecule has 2 N–H and O–H groups in total. The van der Waals surface area contributed by atoms with Gasteiger partial charge in [-0.2, -0.15) is 0 Å². The van der Waals surface area contributed by atoms with Gasteiger partial charge in [0.15, 0.2) is 11.5 Å². The number of nitrogen functional groups attached to an aromatic ring is 1. The fourth-order valence-corrected chi connectivity index (χ4v) is 1.69. The second-order valence-corrected chi connectivity index (χ2v) is 3.13. The number of hydrogen-bond acceptors (Lipinski definition) is 5. The highest BCUT2D eigenvalue weighted by molar-refractivity contribution is 6.01. The van der Waals surface area contributed by atoms with Crippen LogP contribution in [-0.4, -0.2) is 12.8 Å². The smallest absolute Gasteiger partial charge is 0.341 e. The largest absolute Gasteiger partial charge is 0.457 e. The van der Waals surface area contributed by atoms with E-state index < -0.39 is 5.97 Å². The van der Waals surface area contributed by atoms with Crippen LogP contribution in [0.2, 0.25) is 0 Å². The van der Waals surface area contributed by atoms with Gasteiger partial charge in [0.1, 0.15) is 6.61 Å². The van der Waals surface area contributed by atoms with Crippen LogP contribution in [0.5, 0.6) is 11.5 Å². The number of carbonyl (C=O) groups excluding carboxylic acids is 1. The number of ether oxygens (including phenoxy) is 3. The predicted molar refractivity (Wildman–Crippen MR) is 46.1 cm³/mol. The molecule has 3 rings (SSSR count). The van der Waals surface area contributed by atoms with E-state index in [2.05, 4.69) is 0 Å². The van der Waals surface area contributed by atoms with Crippen LogP contribution < -0.4 is 15.2 Å². The number of anilines is 1. The average Bonchev–Trinajstić information content (AvgIpc) is 2.74. The van der Waals surface area contributed by atoms with Crippen molar-refractivity contribution in [3.63, 3.8) is 0 Å². The summed E-state index contributed by atoms with van der Waals surface area (Å²) in [6, 6.07) is 1.74. The minimum Gasteiger partial charge on any atom is -0.457 e. The van der Waals surface area contributed by atoms with Crippen molar-refractivity contribution in [2.75, 3.05) is 12.5 Å². The molecule has 0 spiro atoms. The fourth-order valence-electron chi connectivity index (χ4n) is 1.69. The standard InChI is InChI=1S/C9H7NO4/c10-7-6-4(2-12-9(6)11)1-5-8(7)14-3-13-5/h1H,2-3,10H2. The maximum atomic E-state index is 11.3. The summed E-state index contributed by atoms with van der Waals surface area (Å²) >= 11 is 0. The van der Waals surface area contributed by atoms with Gasteiger partial charge in [-0.25, -0.2) is 4.79 Å². The van der Waals surface area contributed by atoms with Crippen molar-refractivity contribution in [3.05, 3.63) is 17.2 Å². The highest BCUT2D eigenvalue weighted by atomic mass is 16.7. The van der Waals surface area contributed by atoms with Crippen LogP contribution in [0.25, 0.3) is 0 Å². The molecule has 0 aromatic heterocycles. The number of carbonyl (C=O) groups is 1. The molecule has 0 fully saturated rings. The van der Waals surface area contributed by atoms with E-state index in [9.17, 15) is 4.79 Å². The van der Waals surface area contributed by atoms with Gasteiger partial charge in [0.25, 0.3) is 0 Å². The molecule has 72 valence electrons. The lowest BCUT2D eigenvalue weighted by Crippen LogP contribution is -2.01. The highest BCUT2D eigenvalue weighted by Crippen LogP contribution is 2.43. The number of fused-ring (bicyclic) bond motifs is 2. The van der Waals surface area contributed by atoms with Gasteiger partial charge in [-0.1, -0.05) is 0 Å². The number of esters is 1. The third kappa shape index (κ3) is 0.761. The van der Waals surface area contributed by atoms with Crippen LogP contribution in [0, 0.1) is 0 Å². The van der Waals surface area contributed by atoms with E-state index >= 15 is 0 Å². The summed E-state index contributed by atoms with van der Waals surface area (Å²) < 4.78 is 15.2. The Hall–Kier alpha value is -1.91. The molecule has 0 aliphatic carbocycles. The van der Waals surface area contributed by atoms with Crippen LogP contribution in [-0.2, 0) is 11.3 Å². The Labute approximate surface area is 79.4 Å². The molecule has 0 unspecified atom stereocenters. The summed E-state index contributed by atoms with van der Waals surface area (Å²) in [6.45, 7) is 0.409. The van der Waals surface area contributed by atoms with E-state index in [4.69, 9.17) is 19.9 Å². The zero-order valence-corrected chi connectivity index (χ0v) is 7.20. The van der Waals surface area contributed by atoms with Crippen LogP contribution >= 0.6 is 0 Å². The number of rotatable bonds is 0. The van der Waals surface area contributed by atoms with Gasteiger partial charge in [0.05, 0.1) is 11.3 Å². The van der Waals surface area contributed by atoms with Gasteiger partial charge in [0, 0.05) is 5.56 Å². The summed E-state index contributed by atoms with van der Waals surface area (Å²) in [6.07, 6.45) is 0. The van der Waals surface area contributed by atoms with Crippen LogP contribution in [0.3, 0.4) is 0 Å². The minimum absolute atomic E-state index is 0.150. The van der Waals surface area contributed by atoms with Gasteiger partial charge in [0.2, 0.25) is 6.79 Å². The number of hydrogen-bond donors (Lipinski definition) is 1. The van der Waals surface area contributed by atoms with E-state index in [1.54, 1.807) is 6.07 Å². The molecule has 0 saturated heterocycles. The van der Waals surface area contributed by atoms with Crippen molar-refractivity contribution in [2.24, 2.45) is 0 Å². The number of benzene rings is 1. The maximum Gasteiger partial charge on any atom is 0.341 e. The zero-order chi connectivity index (χ0) is 9.71. The van der Waals surface area contributed by atoms with Crippen molar-refractivity contribution in [1.82, 2.24) is 0 Å². The Balaban J connectivity index is 2.30. The molecule has 1 aromatic rings. The first kappa shape index (κ1) is 7.49. The summed E-state index contributed by atoms with van der Waals surface area (Å²) in [5.41, 5.74) is 7.26. The first-order valence-electron chi connectivity index (χ1n) is 4.15. The lowest BCUT2D eigenvalue weighted by Gasteiger charge is -2.03. The normalized spacial score (nSPS) is 16.7. The lowest BCUT2D eigenvalue weighted by atomic mass is 10.1. The van der Waals surface area contributed by atoms with Crippen molar-refractivity contribution in [3.8, 4) is 11.5 Å². The van der Waals surface area contributed by atoms with E-state index in [0.717, 1.165) is 5.56 Å². The second-order valence-electron chi connectivity index (χ2n) is 3.13. The third-order valence-electron chi connectivity index (χ3n) is 2.34. The Kier molecular flexibility index (Phi) is 1.24. The van der Waals surface area contributed by atoms with Gasteiger partial charge in [-0.15, -0.1) is 0 Å². The SMILES string of the molecule is Nc1c2c(cc3c1C(=O)OC3)OCO2. The molecule has 2 aliphatic heterocycles. The molecule has 0 atom stereocenters. The Morgan fingerprint density at radius 1 is 1.29 bits per heavy atom. The minimum atomic E-state index is -0.393. The molecule has 1 aromatic carbocycles. The predicted octanol–water partition coefficient (Wildman–Crippen LogP) is 0.668. The third-order valence-corrected chi connectivity index (χ3v) is 2.34. The summed E-state index contributed by atoms with van der Waals surface area (Å²) in [5.74, 6) is 0.637. The summed E-state index contributed by atoms with van der Waals surface area (Å²) in [7, 11) is 0. The van der Waals surface area contributed by atoms with Crippen LogP contribution in [0.1, 0.15) is 15.9 Å². The van der Waals surface area contributed by atoms with Crippen molar-refractivity contribution < 1.29 is 19.0 Å². The van der Waals surface area contributed by atoms with Crippen molar-refractivity contribution in [2.45, 2.75) is 6.61 Å². The maximum absolute atomic E-state index is 11.3. The van der Waals surface area contributed by atoms with E-state index in [-0.39, 0.29) is 13.4 Å². The fraction of sp³-hybridized carbons (Fsp3) is 0.222. The average molecular weight is 193 g/mol. The molecular formula is C9H7NO4. The molecule has 0 radical (unpaired) electrons.